The molecular formula is C19H17ClN4O4S. The van der Waals surface area contributed by atoms with Gasteiger partial charge in [-0.15, -0.1) is 10.2 Å². The summed E-state index contributed by atoms with van der Waals surface area (Å²) in [5.74, 6) is -0.423. The van der Waals surface area contributed by atoms with Crippen LogP contribution < -0.4 is 10.6 Å². The number of carbonyl (C=O) groups excluding carboxylic acids is 2. The summed E-state index contributed by atoms with van der Waals surface area (Å²) in [5, 5.41) is 14.5. The van der Waals surface area contributed by atoms with Crippen molar-refractivity contribution in [3.63, 3.8) is 0 Å². The minimum Gasteiger partial charge on any atom is -0.465 e. The van der Waals surface area contributed by atoms with Crippen LogP contribution in [0.1, 0.15) is 16.2 Å². The summed E-state index contributed by atoms with van der Waals surface area (Å²) < 4.78 is 10.2. The number of carbonyl (C=O) groups is 2. The van der Waals surface area contributed by atoms with Gasteiger partial charge < -0.3 is 19.8 Å². The molecular weight excluding hydrogens is 416 g/mol. The van der Waals surface area contributed by atoms with Crippen LogP contribution in [0, 0.1) is 0 Å². The average Bonchev–Trinajstić information content (AvgIpc) is 3.18. The van der Waals surface area contributed by atoms with Crippen LogP contribution in [0.5, 0.6) is 0 Å². The first-order valence-corrected chi connectivity index (χ1v) is 9.83. The molecule has 2 aromatic carbocycles. The molecule has 1 amide bonds. The van der Waals surface area contributed by atoms with E-state index in [9.17, 15) is 9.59 Å². The number of nitrogens with one attached hydrogen (secondary N) is 2. The van der Waals surface area contributed by atoms with Crippen molar-refractivity contribution in [1.82, 2.24) is 10.2 Å². The Morgan fingerprint density at radius 1 is 1.17 bits per heavy atom. The molecule has 0 aliphatic heterocycles. The number of thioether (sulfide) groups is 1. The van der Waals surface area contributed by atoms with Crippen LogP contribution in [-0.4, -0.2) is 34.9 Å². The lowest BCUT2D eigenvalue weighted by Gasteiger charge is -2.08. The number of hydrogen-bond acceptors (Lipinski definition) is 8. The molecule has 0 bridgehead atoms. The molecule has 0 unspecified atom stereocenters. The summed E-state index contributed by atoms with van der Waals surface area (Å²) in [4.78, 5) is 24.0. The van der Waals surface area contributed by atoms with Crippen molar-refractivity contribution >= 4 is 46.6 Å². The molecule has 3 aromatic rings. The van der Waals surface area contributed by atoms with Crippen molar-refractivity contribution in [3.05, 3.63) is 65.0 Å². The Hall–Kier alpha value is -3.04. The topological polar surface area (TPSA) is 106 Å². The minimum atomic E-state index is -0.526. The molecule has 8 nitrogen and oxygen atoms in total. The van der Waals surface area contributed by atoms with E-state index in [1.165, 1.54) is 7.11 Å². The number of methoxy groups -OCH3 is 1. The van der Waals surface area contributed by atoms with Crippen LogP contribution in [-0.2, 0) is 16.1 Å². The van der Waals surface area contributed by atoms with Gasteiger partial charge in [-0.25, -0.2) is 4.79 Å². The van der Waals surface area contributed by atoms with Gasteiger partial charge in [-0.1, -0.05) is 41.6 Å². The molecule has 29 heavy (non-hydrogen) atoms. The smallest absolute Gasteiger partial charge is 0.339 e. The largest absolute Gasteiger partial charge is 0.465 e. The summed E-state index contributed by atoms with van der Waals surface area (Å²) in [5.41, 5.74) is 1.48. The normalized spacial score (nSPS) is 10.4. The maximum atomic E-state index is 12.2. The molecule has 10 heteroatoms. The zero-order chi connectivity index (χ0) is 20.6. The third kappa shape index (κ3) is 5.97. The lowest BCUT2D eigenvalue weighted by molar-refractivity contribution is -0.113. The molecule has 1 aromatic heterocycles. The molecule has 1 heterocycles. The van der Waals surface area contributed by atoms with Gasteiger partial charge in [0.05, 0.1) is 30.7 Å². The fraction of sp³-hybridized carbons (Fsp3) is 0.158. The third-order valence-electron chi connectivity index (χ3n) is 3.65. The highest BCUT2D eigenvalue weighted by Gasteiger charge is 2.14. The molecule has 0 radical (unpaired) electrons. The number of anilines is 2. The number of aromatic nitrogens is 2. The molecule has 0 aliphatic carbocycles. The number of amides is 1. The van der Waals surface area contributed by atoms with Gasteiger partial charge in [0.2, 0.25) is 11.8 Å². The Labute approximate surface area is 176 Å². The van der Waals surface area contributed by atoms with Gasteiger partial charge in [-0.05, 0) is 30.3 Å². The zero-order valence-electron chi connectivity index (χ0n) is 15.3. The third-order valence-corrected chi connectivity index (χ3v) is 4.70. The minimum absolute atomic E-state index is 0.0405. The van der Waals surface area contributed by atoms with E-state index in [4.69, 9.17) is 20.8 Å². The number of benzene rings is 2. The lowest BCUT2D eigenvalue weighted by Crippen LogP contribution is -2.17. The van der Waals surface area contributed by atoms with Crippen LogP contribution in [0.25, 0.3) is 0 Å². The van der Waals surface area contributed by atoms with Crippen LogP contribution >= 0.6 is 23.4 Å². The highest BCUT2D eigenvalue weighted by atomic mass is 35.5. The van der Waals surface area contributed by atoms with Gasteiger partial charge in [-0.3, -0.25) is 4.79 Å². The highest BCUT2D eigenvalue weighted by Crippen LogP contribution is 2.20. The standard InChI is InChI=1S/C19H17ClN4O4S/c1-27-18(26)14-7-2-3-8-15(14)22-16(25)11-29-19-24-23-17(28-19)10-21-13-6-4-5-12(20)9-13/h2-9,21H,10-11H2,1H3,(H,22,25). The Morgan fingerprint density at radius 2 is 2.00 bits per heavy atom. The van der Waals surface area contributed by atoms with Crippen molar-refractivity contribution in [2.75, 3.05) is 23.5 Å². The molecule has 0 saturated heterocycles. The Balaban J connectivity index is 1.51. The van der Waals surface area contributed by atoms with E-state index >= 15 is 0 Å². The lowest BCUT2D eigenvalue weighted by atomic mass is 10.2. The predicted octanol–water partition coefficient (Wildman–Crippen LogP) is 3.85. The summed E-state index contributed by atoms with van der Waals surface area (Å²) in [6.07, 6.45) is 0. The van der Waals surface area contributed by atoms with Crippen LogP contribution in [0.2, 0.25) is 5.02 Å². The van der Waals surface area contributed by atoms with Crippen molar-refractivity contribution in [2.24, 2.45) is 0 Å². The Morgan fingerprint density at radius 3 is 2.79 bits per heavy atom. The van der Waals surface area contributed by atoms with Gasteiger partial charge >= 0.3 is 5.97 Å². The van der Waals surface area contributed by atoms with Crippen molar-refractivity contribution in [2.45, 2.75) is 11.8 Å². The summed E-state index contributed by atoms with van der Waals surface area (Å²) in [7, 11) is 1.28. The predicted molar refractivity (Wildman–Crippen MR) is 110 cm³/mol. The quantitative estimate of drug-likeness (QED) is 0.408. The highest BCUT2D eigenvalue weighted by molar-refractivity contribution is 7.99. The van der Waals surface area contributed by atoms with Gasteiger partial charge in [-0.2, -0.15) is 0 Å². The maximum absolute atomic E-state index is 12.2. The first-order valence-electron chi connectivity index (χ1n) is 8.47. The molecule has 150 valence electrons. The number of halogens is 1. The van der Waals surface area contributed by atoms with Crippen molar-refractivity contribution < 1.29 is 18.7 Å². The first-order chi connectivity index (χ1) is 14.0. The van der Waals surface area contributed by atoms with Crippen molar-refractivity contribution in [3.8, 4) is 0 Å². The van der Waals surface area contributed by atoms with Crippen LogP contribution in [0.4, 0.5) is 11.4 Å². The van der Waals surface area contributed by atoms with E-state index in [-0.39, 0.29) is 22.4 Å². The number of ether oxygens (including phenoxy) is 1. The van der Waals surface area contributed by atoms with E-state index in [0.717, 1.165) is 17.4 Å². The van der Waals surface area contributed by atoms with Crippen LogP contribution in [0.15, 0.2) is 58.2 Å². The second-order valence-electron chi connectivity index (χ2n) is 5.70. The summed E-state index contributed by atoms with van der Waals surface area (Å²) >= 11 is 7.03. The fourth-order valence-electron chi connectivity index (χ4n) is 2.34. The zero-order valence-corrected chi connectivity index (χ0v) is 16.9. The number of esters is 1. The van der Waals surface area contributed by atoms with Gasteiger partial charge in [0, 0.05) is 10.7 Å². The molecule has 0 aliphatic rings. The maximum Gasteiger partial charge on any atom is 0.339 e. The average molecular weight is 433 g/mol. The summed E-state index contributed by atoms with van der Waals surface area (Å²) in [6.45, 7) is 0.326. The molecule has 0 spiro atoms. The van der Waals surface area contributed by atoms with Gasteiger partial charge in [0.15, 0.2) is 0 Å². The van der Waals surface area contributed by atoms with Crippen LogP contribution in [0.3, 0.4) is 0 Å². The van der Waals surface area contributed by atoms with Crippen molar-refractivity contribution in [1.29, 1.82) is 0 Å². The number of hydrogen-bond donors (Lipinski definition) is 2. The SMILES string of the molecule is COC(=O)c1ccccc1NC(=O)CSc1nnc(CNc2cccc(Cl)c2)o1. The number of para-hydroxylation sites is 1. The molecule has 3 rings (SSSR count). The molecule has 2 N–H and O–H groups in total. The van der Waals surface area contributed by atoms with Gasteiger partial charge in [0.25, 0.3) is 5.22 Å². The molecule has 0 fully saturated rings. The van der Waals surface area contributed by atoms with Gasteiger partial charge in [0.1, 0.15) is 0 Å². The summed E-state index contributed by atoms with van der Waals surface area (Å²) in [6, 6.07) is 13.9. The Kier molecular flexibility index (Phi) is 7.09. The first kappa shape index (κ1) is 20.7. The monoisotopic (exact) mass is 432 g/mol. The number of rotatable bonds is 8. The molecule has 0 atom stereocenters. The van der Waals surface area contributed by atoms with E-state index in [1.807, 2.05) is 12.1 Å². The molecule has 0 saturated carbocycles. The Bertz CT molecular complexity index is 1010. The second-order valence-corrected chi connectivity index (χ2v) is 7.06. The number of nitrogens with zero attached hydrogens (tertiary/aromatic N) is 2. The fourth-order valence-corrected chi connectivity index (χ4v) is 3.11. The second kappa shape index (κ2) is 9.94. The van der Waals surface area contributed by atoms with E-state index in [2.05, 4.69) is 20.8 Å². The van der Waals surface area contributed by atoms with E-state index in [1.54, 1.807) is 36.4 Å². The van der Waals surface area contributed by atoms with E-state index in [0.29, 0.717) is 23.1 Å². The van der Waals surface area contributed by atoms with E-state index < -0.39 is 5.97 Å².